The third-order valence-corrected chi connectivity index (χ3v) is 2.74. The fraction of sp³-hybridized carbons (Fsp3) is 0.214. The zero-order valence-electron chi connectivity index (χ0n) is 12.5. The standard InChI is InChI=1S/C14H9F6N3O3/c15-13(16,17)8-1-9(14(18,19)20)3-10(2-8)22-5-7(4-21)12(26)23-6-11(24)25/h1-3,5,22H,6H2,(H,23,26)(H,24,25)/b7-5-. The van der Waals surface area contributed by atoms with Crippen LogP contribution in [0.15, 0.2) is 30.0 Å². The summed E-state index contributed by atoms with van der Waals surface area (Å²) >= 11 is 0. The van der Waals surface area contributed by atoms with E-state index in [1.165, 1.54) is 6.07 Å². The van der Waals surface area contributed by atoms with Crippen molar-refractivity contribution >= 4 is 17.6 Å². The molecule has 12 heteroatoms. The maximum Gasteiger partial charge on any atom is 0.416 e. The summed E-state index contributed by atoms with van der Waals surface area (Å²) in [7, 11) is 0. The average Bonchev–Trinajstić information content (AvgIpc) is 2.51. The Morgan fingerprint density at radius 3 is 1.96 bits per heavy atom. The van der Waals surface area contributed by atoms with E-state index in [1.54, 1.807) is 0 Å². The van der Waals surface area contributed by atoms with Crippen LogP contribution in [0.2, 0.25) is 0 Å². The first-order valence-electron chi connectivity index (χ1n) is 6.51. The van der Waals surface area contributed by atoms with Gasteiger partial charge in [0.05, 0.1) is 11.1 Å². The van der Waals surface area contributed by atoms with E-state index in [1.807, 2.05) is 10.6 Å². The largest absolute Gasteiger partial charge is 0.480 e. The van der Waals surface area contributed by atoms with Crippen LogP contribution in [0.3, 0.4) is 0 Å². The maximum atomic E-state index is 12.7. The number of nitrogens with zero attached hydrogens (tertiary/aromatic N) is 1. The van der Waals surface area contributed by atoms with Crippen molar-refractivity contribution in [3.05, 3.63) is 41.1 Å². The molecule has 0 unspecified atom stereocenters. The number of amides is 1. The van der Waals surface area contributed by atoms with Crippen LogP contribution in [0.25, 0.3) is 0 Å². The van der Waals surface area contributed by atoms with E-state index in [0.29, 0.717) is 18.3 Å². The van der Waals surface area contributed by atoms with Gasteiger partial charge in [-0.3, -0.25) is 9.59 Å². The fourth-order valence-corrected chi connectivity index (χ4v) is 1.59. The second-order valence-corrected chi connectivity index (χ2v) is 4.69. The molecule has 1 aromatic carbocycles. The lowest BCUT2D eigenvalue weighted by Gasteiger charge is -2.14. The van der Waals surface area contributed by atoms with E-state index < -0.39 is 53.2 Å². The number of nitriles is 1. The molecule has 6 nitrogen and oxygen atoms in total. The van der Waals surface area contributed by atoms with Crippen molar-refractivity contribution in [2.24, 2.45) is 0 Å². The second kappa shape index (κ2) is 7.77. The van der Waals surface area contributed by atoms with Gasteiger partial charge in [0.25, 0.3) is 5.91 Å². The van der Waals surface area contributed by atoms with Crippen molar-refractivity contribution in [2.45, 2.75) is 12.4 Å². The third-order valence-electron chi connectivity index (χ3n) is 2.74. The molecule has 0 saturated carbocycles. The van der Waals surface area contributed by atoms with Gasteiger partial charge < -0.3 is 15.7 Å². The average molecular weight is 381 g/mol. The molecule has 0 heterocycles. The molecule has 26 heavy (non-hydrogen) atoms. The van der Waals surface area contributed by atoms with Crippen LogP contribution in [0.4, 0.5) is 32.0 Å². The first-order valence-corrected chi connectivity index (χ1v) is 6.51. The lowest BCUT2D eigenvalue weighted by Crippen LogP contribution is -2.30. The molecule has 0 aromatic heterocycles. The molecule has 1 aromatic rings. The molecule has 0 aliphatic rings. The number of rotatable bonds is 5. The Balaban J connectivity index is 3.16. The number of hydrogen-bond donors (Lipinski definition) is 3. The number of carboxylic acids is 1. The number of halogens is 6. The van der Waals surface area contributed by atoms with Crippen molar-refractivity contribution in [1.29, 1.82) is 5.26 Å². The van der Waals surface area contributed by atoms with Crippen LogP contribution in [-0.4, -0.2) is 23.5 Å². The number of anilines is 1. The Bertz CT molecular complexity index is 745. The van der Waals surface area contributed by atoms with Crippen LogP contribution < -0.4 is 10.6 Å². The number of alkyl halides is 6. The van der Waals surface area contributed by atoms with Gasteiger partial charge in [0, 0.05) is 11.9 Å². The zero-order chi connectivity index (χ0) is 20.1. The van der Waals surface area contributed by atoms with Gasteiger partial charge in [0.1, 0.15) is 18.2 Å². The lowest BCUT2D eigenvalue weighted by molar-refractivity contribution is -0.143. The van der Waals surface area contributed by atoms with Crippen LogP contribution >= 0.6 is 0 Å². The molecule has 0 saturated heterocycles. The number of carbonyl (C=O) groups excluding carboxylic acids is 1. The van der Waals surface area contributed by atoms with Crippen LogP contribution in [-0.2, 0) is 21.9 Å². The topological polar surface area (TPSA) is 102 Å². The number of benzene rings is 1. The van der Waals surface area contributed by atoms with E-state index in [9.17, 15) is 35.9 Å². The van der Waals surface area contributed by atoms with E-state index in [-0.39, 0.29) is 6.07 Å². The van der Waals surface area contributed by atoms with E-state index >= 15 is 0 Å². The van der Waals surface area contributed by atoms with Crippen molar-refractivity contribution in [3.8, 4) is 6.07 Å². The summed E-state index contributed by atoms with van der Waals surface area (Å²) in [4.78, 5) is 21.8. The van der Waals surface area contributed by atoms with E-state index in [4.69, 9.17) is 10.4 Å². The molecule has 0 aliphatic carbocycles. The fourth-order valence-electron chi connectivity index (χ4n) is 1.59. The molecule has 0 radical (unpaired) electrons. The van der Waals surface area contributed by atoms with Gasteiger partial charge in [-0.15, -0.1) is 0 Å². The van der Waals surface area contributed by atoms with Crippen LogP contribution in [0.1, 0.15) is 11.1 Å². The molecule has 0 atom stereocenters. The Hall–Kier alpha value is -3.23. The predicted octanol–water partition coefficient (Wildman–Crippen LogP) is 2.74. The predicted molar refractivity (Wildman–Crippen MR) is 74.4 cm³/mol. The van der Waals surface area contributed by atoms with Crippen LogP contribution in [0, 0.1) is 11.3 Å². The van der Waals surface area contributed by atoms with Gasteiger partial charge in [-0.25, -0.2) is 0 Å². The first kappa shape index (κ1) is 20.8. The number of nitrogens with one attached hydrogen (secondary N) is 2. The maximum absolute atomic E-state index is 12.7. The summed E-state index contributed by atoms with van der Waals surface area (Å²) in [5, 5.41) is 21.0. The summed E-state index contributed by atoms with van der Waals surface area (Å²) in [5.41, 5.74) is -4.60. The smallest absolute Gasteiger partial charge is 0.416 e. The van der Waals surface area contributed by atoms with Gasteiger partial charge >= 0.3 is 18.3 Å². The highest BCUT2D eigenvalue weighted by Gasteiger charge is 2.36. The van der Waals surface area contributed by atoms with E-state index in [2.05, 4.69) is 0 Å². The Morgan fingerprint density at radius 2 is 1.58 bits per heavy atom. The number of carboxylic acid groups (broad SMARTS) is 1. The molecular formula is C14H9F6N3O3. The molecule has 0 spiro atoms. The quantitative estimate of drug-likeness (QED) is 0.414. The highest BCUT2D eigenvalue weighted by molar-refractivity contribution is 5.98. The minimum atomic E-state index is -5.06. The second-order valence-electron chi connectivity index (χ2n) is 4.69. The monoisotopic (exact) mass is 381 g/mol. The molecule has 3 N–H and O–H groups in total. The highest BCUT2D eigenvalue weighted by atomic mass is 19.4. The SMILES string of the molecule is N#C/C(=C/Nc1cc(C(F)(F)F)cc(C(F)(F)F)c1)C(=O)NCC(=O)O. The number of aliphatic carboxylic acids is 1. The van der Waals surface area contributed by atoms with Gasteiger partial charge in [0.2, 0.25) is 0 Å². The van der Waals surface area contributed by atoms with Gasteiger partial charge in [-0.05, 0) is 18.2 Å². The highest BCUT2D eigenvalue weighted by Crippen LogP contribution is 2.37. The van der Waals surface area contributed by atoms with Crippen molar-refractivity contribution in [1.82, 2.24) is 5.32 Å². The minimum Gasteiger partial charge on any atom is -0.480 e. The van der Waals surface area contributed by atoms with E-state index in [0.717, 1.165) is 0 Å². The summed E-state index contributed by atoms with van der Waals surface area (Å²) in [5.74, 6) is -2.60. The molecule has 0 aliphatic heterocycles. The lowest BCUT2D eigenvalue weighted by atomic mass is 10.1. The summed E-state index contributed by atoms with van der Waals surface area (Å²) in [6.45, 7) is -0.834. The Labute approximate surface area is 141 Å². The molecule has 1 amide bonds. The molecular weight excluding hydrogens is 372 g/mol. The summed E-state index contributed by atoms with van der Waals surface area (Å²) in [6, 6.07) is 1.97. The van der Waals surface area contributed by atoms with Gasteiger partial charge in [0.15, 0.2) is 0 Å². The third kappa shape index (κ3) is 6.00. The summed E-state index contributed by atoms with van der Waals surface area (Å²) < 4.78 is 76.3. The Morgan fingerprint density at radius 1 is 1.08 bits per heavy atom. The normalized spacial score (nSPS) is 12.3. The molecule has 0 fully saturated rings. The zero-order valence-corrected chi connectivity index (χ0v) is 12.5. The minimum absolute atomic E-state index is 0.0837. The van der Waals surface area contributed by atoms with Crippen molar-refractivity contribution in [3.63, 3.8) is 0 Å². The van der Waals surface area contributed by atoms with Crippen molar-refractivity contribution in [2.75, 3.05) is 11.9 Å². The Kier molecular flexibility index (Phi) is 6.22. The van der Waals surface area contributed by atoms with Crippen LogP contribution in [0.5, 0.6) is 0 Å². The van der Waals surface area contributed by atoms with Gasteiger partial charge in [-0.1, -0.05) is 0 Å². The van der Waals surface area contributed by atoms with Gasteiger partial charge in [-0.2, -0.15) is 31.6 Å². The van der Waals surface area contributed by atoms with Crippen molar-refractivity contribution < 1.29 is 41.0 Å². The molecule has 0 bridgehead atoms. The molecule has 1 rings (SSSR count). The first-order chi connectivity index (χ1) is 11.8. The number of carbonyl (C=O) groups is 2. The molecule has 140 valence electrons. The summed E-state index contributed by atoms with van der Waals surface area (Å²) in [6.07, 6.45) is -9.55. The number of hydrogen-bond acceptors (Lipinski definition) is 4.